The summed E-state index contributed by atoms with van der Waals surface area (Å²) in [7, 11) is 0. The van der Waals surface area contributed by atoms with Crippen molar-refractivity contribution in [2.75, 3.05) is 6.61 Å². The average Bonchev–Trinajstić information content (AvgIpc) is 2.17. The number of hydrogen-bond acceptors (Lipinski definition) is 2. The molecule has 0 aromatic carbocycles. The van der Waals surface area contributed by atoms with E-state index >= 15 is 0 Å². The van der Waals surface area contributed by atoms with Crippen LogP contribution in [0.25, 0.3) is 0 Å². The van der Waals surface area contributed by atoms with E-state index in [1.165, 1.54) is 6.92 Å². The van der Waals surface area contributed by atoms with E-state index in [0.29, 0.717) is 0 Å². The SMILES string of the molecule is CCCOC(=O)NC(C(F)(F)F)(C(F)(F)F)C(F)(F)F. The molecule has 0 aliphatic heterocycles. The lowest BCUT2D eigenvalue weighted by Gasteiger charge is -2.38. The highest BCUT2D eigenvalue weighted by Crippen LogP contribution is 2.52. The molecule has 0 unspecified atom stereocenters. The van der Waals surface area contributed by atoms with Crippen molar-refractivity contribution in [3.63, 3.8) is 0 Å². The largest absolute Gasteiger partial charge is 0.450 e. The zero-order valence-corrected chi connectivity index (χ0v) is 9.63. The van der Waals surface area contributed by atoms with Crippen molar-refractivity contribution in [3.05, 3.63) is 0 Å². The van der Waals surface area contributed by atoms with E-state index < -0.39 is 36.8 Å². The Balaban J connectivity index is 5.75. The standard InChI is InChI=1S/C8H8F9NO2/c1-2-3-20-4(19)18-5(6(9,10)11,7(12,13)14)8(15,16)17/h2-3H2,1H3,(H,18,19). The number of nitrogens with one attached hydrogen (secondary N) is 1. The predicted molar refractivity (Wildman–Crippen MR) is 45.7 cm³/mol. The number of halogens is 9. The molecule has 120 valence electrons. The van der Waals surface area contributed by atoms with Gasteiger partial charge in [-0.25, -0.2) is 4.79 Å². The third-order valence-electron chi connectivity index (χ3n) is 2.00. The fourth-order valence-electron chi connectivity index (χ4n) is 1.08. The summed E-state index contributed by atoms with van der Waals surface area (Å²) in [5.74, 6) is 0. The molecule has 1 N–H and O–H groups in total. The first-order valence-corrected chi connectivity index (χ1v) is 4.85. The van der Waals surface area contributed by atoms with Crippen LogP contribution in [0.15, 0.2) is 0 Å². The molecule has 0 aliphatic rings. The van der Waals surface area contributed by atoms with Gasteiger partial charge in [-0.3, -0.25) is 5.32 Å². The molecule has 20 heavy (non-hydrogen) atoms. The summed E-state index contributed by atoms with van der Waals surface area (Å²) in [6.07, 6.45) is -23.0. The van der Waals surface area contributed by atoms with Crippen LogP contribution in [0, 0.1) is 0 Å². The lowest BCUT2D eigenvalue weighted by atomic mass is 9.97. The van der Waals surface area contributed by atoms with Gasteiger partial charge in [-0.05, 0) is 6.42 Å². The van der Waals surface area contributed by atoms with Crippen LogP contribution >= 0.6 is 0 Å². The lowest BCUT2D eigenvalue weighted by molar-refractivity contribution is -0.387. The number of carbonyl (C=O) groups excluding carboxylic acids is 1. The minimum Gasteiger partial charge on any atom is -0.450 e. The minimum absolute atomic E-state index is 0.00945. The quantitative estimate of drug-likeness (QED) is 0.808. The Hall–Kier alpha value is -1.36. The topological polar surface area (TPSA) is 38.3 Å². The Bertz CT molecular complexity index is 307. The van der Waals surface area contributed by atoms with Gasteiger partial charge >= 0.3 is 30.2 Å². The van der Waals surface area contributed by atoms with Crippen molar-refractivity contribution in [3.8, 4) is 0 Å². The molecule has 0 rings (SSSR count). The number of amides is 1. The van der Waals surface area contributed by atoms with Gasteiger partial charge in [-0.15, -0.1) is 0 Å². The Kier molecular flexibility index (Phi) is 5.18. The van der Waals surface area contributed by atoms with E-state index in [4.69, 9.17) is 0 Å². The van der Waals surface area contributed by atoms with Crippen LogP contribution in [0.5, 0.6) is 0 Å². The van der Waals surface area contributed by atoms with E-state index in [9.17, 15) is 44.3 Å². The van der Waals surface area contributed by atoms with Crippen LogP contribution in [-0.4, -0.2) is 36.8 Å². The van der Waals surface area contributed by atoms with Gasteiger partial charge in [0.1, 0.15) is 0 Å². The van der Waals surface area contributed by atoms with Crippen LogP contribution in [0.3, 0.4) is 0 Å². The highest BCUT2D eigenvalue weighted by molar-refractivity contribution is 5.69. The van der Waals surface area contributed by atoms with E-state index in [2.05, 4.69) is 4.74 Å². The molecule has 3 nitrogen and oxygen atoms in total. The molecule has 0 saturated carbocycles. The maximum atomic E-state index is 12.3. The Labute approximate surface area is 106 Å². The summed E-state index contributed by atoms with van der Waals surface area (Å²) in [5.41, 5.74) is -6.39. The normalized spacial score (nSPS) is 14.1. The van der Waals surface area contributed by atoms with Gasteiger partial charge in [0.2, 0.25) is 0 Å². The lowest BCUT2D eigenvalue weighted by Crippen LogP contribution is -2.75. The van der Waals surface area contributed by atoms with Gasteiger partial charge in [-0.2, -0.15) is 39.5 Å². The van der Waals surface area contributed by atoms with Crippen molar-refractivity contribution in [2.45, 2.75) is 37.4 Å². The second kappa shape index (κ2) is 5.56. The summed E-state index contributed by atoms with van der Waals surface area (Å²) >= 11 is 0. The van der Waals surface area contributed by atoms with Gasteiger partial charge in [0, 0.05) is 0 Å². The summed E-state index contributed by atoms with van der Waals surface area (Å²) in [4.78, 5) is 10.7. The predicted octanol–water partition coefficient (Wildman–Crippen LogP) is 3.55. The third kappa shape index (κ3) is 3.39. The molecule has 12 heteroatoms. The molecule has 0 fully saturated rings. The maximum absolute atomic E-state index is 12.3. The molecular formula is C8H8F9NO2. The zero-order valence-electron chi connectivity index (χ0n) is 9.63. The summed E-state index contributed by atoms with van der Waals surface area (Å²) in [5, 5.41) is -0.151. The molecule has 0 heterocycles. The molecule has 1 amide bonds. The fraction of sp³-hybridized carbons (Fsp3) is 0.875. The molecule has 0 bridgehead atoms. The van der Waals surface area contributed by atoms with Gasteiger partial charge in [0.25, 0.3) is 0 Å². The van der Waals surface area contributed by atoms with Gasteiger partial charge in [0.05, 0.1) is 6.61 Å². The van der Waals surface area contributed by atoms with E-state index in [1.807, 2.05) is 0 Å². The van der Waals surface area contributed by atoms with Crippen LogP contribution in [0.1, 0.15) is 13.3 Å². The number of ether oxygens (including phenoxy) is 1. The van der Waals surface area contributed by atoms with Crippen molar-refractivity contribution in [1.29, 1.82) is 0 Å². The zero-order chi connectivity index (χ0) is 16.4. The third-order valence-corrected chi connectivity index (χ3v) is 2.00. The van der Waals surface area contributed by atoms with Crippen molar-refractivity contribution in [1.82, 2.24) is 5.32 Å². The van der Waals surface area contributed by atoms with E-state index in [-0.39, 0.29) is 11.7 Å². The Morgan fingerprint density at radius 3 is 1.50 bits per heavy atom. The Morgan fingerprint density at radius 2 is 1.25 bits per heavy atom. The fourth-order valence-corrected chi connectivity index (χ4v) is 1.08. The summed E-state index contributed by atoms with van der Waals surface area (Å²) in [6, 6.07) is 0. The second-order valence-electron chi connectivity index (χ2n) is 3.50. The van der Waals surface area contributed by atoms with Crippen molar-refractivity contribution >= 4 is 6.09 Å². The number of alkyl carbamates (subject to hydrolysis) is 1. The van der Waals surface area contributed by atoms with Crippen molar-refractivity contribution in [2.24, 2.45) is 0 Å². The van der Waals surface area contributed by atoms with Gasteiger partial charge < -0.3 is 4.74 Å². The smallest absolute Gasteiger partial charge is 0.429 e. The van der Waals surface area contributed by atoms with Crippen LogP contribution in [0.4, 0.5) is 44.3 Å². The first kappa shape index (κ1) is 18.6. The highest BCUT2D eigenvalue weighted by atomic mass is 19.4. The van der Waals surface area contributed by atoms with Crippen LogP contribution in [-0.2, 0) is 4.74 Å². The Morgan fingerprint density at radius 1 is 0.900 bits per heavy atom. The van der Waals surface area contributed by atoms with Gasteiger partial charge in [0.15, 0.2) is 0 Å². The number of rotatable bonds is 3. The molecular weight excluding hydrogens is 313 g/mol. The summed E-state index contributed by atoms with van der Waals surface area (Å²) < 4.78 is 115. The first-order chi connectivity index (χ1) is 8.70. The second-order valence-corrected chi connectivity index (χ2v) is 3.50. The summed E-state index contributed by atoms with van der Waals surface area (Å²) in [6.45, 7) is 0.688. The molecule has 0 aromatic heterocycles. The first-order valence-electron chi connectivity index (χ1n) is 4.85. The molecule has 0 atom stereocenters. The molecule has 0 radical (unpaired) electrons. The molecule has 0 saturated heterocycles. The number of alkyl halides is 9. The van der Waals surface area contributed by atoms with Crippen LogP contribution in [0.2, 0.25) is 0 Å². The van der Waals surface area contributed by atoms with E-state index in [0.717, 1.165) is 0 Å². The maximum Gasteiger partial charge on any atom is 0.429 e. The molecule has 0 spiro atoms. The average molecular weight is 321 g/mol. The van der Waals surface area contributed by atoms with E-state index in [1.54, 1.807) is 0 Å². The van der Waals surface area contributed by atoms with Gasteiger partial charge in [-0.1, -0.05) is 6.92 Å². The minimum atomic E-state index is -6.85. The highest BCUT2D eigenvalue weighted by Gasteiger charge is 2.85. The molecule has 0 aromatic rings. The number of carbonyl (C=O) groups is 1. The van der Waals surface area contributed by atoms with Crippen LogP contribution < -0.4 is 5.32 Å². The molecule has 0 aliphatic carbocycles. The van der Waals surface area contributed by atoms with Crippen molar-refractivity contribution < 1.29 is 49.0 Å². The monoisotopic (exact) mass is 321 g/mol. The number of hydrogen-bond donors (Lipinski definition) is 1.